The zero-order valence-electron chi connectivity index (χ0n) is 15.0. The number of fused-ring (bicyclic) bond motifs is 1. The van der Waals surface area contributed by atoms with Crippen molar-refractivity contribution in [3.63, 3.8) is 0 Å². The summed E-state index contributed by atoms with van der Waals surface area (Å²) in [7, 11) is 0. The summed E-state index contributed by atoms with van der Waals surface area (Å²) >= 11 is 0. The van der Waals surface area contributed by atoms with Crippen molar-refractivity contribution in [1.29, 1.82) is 0 Å². The van der Waals surface area contributed by atoms with E-state index in [9.17, 15) is 27.8 Å². The molecule has 2 fully saturated rings. The second-order valence-electron chi connectivity index (χ2n) is 7.05. The molecule has 1 aliphatic carbocycles. The molecule has 3 N–H and O–H groups in total. The second kappa shape index (κ2) is 7.63. The van der Waals surface area contributed by atoms with Crippen molar-refractivity contribution in [2.45, 2.75) is 62.4 Å². The highest BCUT2D eigenvalue weighted by Gasteiger charge is 2.46. The molecule has 0 aromatic carbocycles. The Morgan fingerprint density at radius 1 is 1.21 bits per heavy atom. The molecule has 0 spiro atoms. The lowest BCUT2D eigenvalue weighted by molar-refractivity contribution is -0.333. The van der Waals surface area contributed by atoms with Gasteiger partial charge in [-0.3, -0.25) is 9.30 Å². The number of halogens is 4. The van der Waals surface area contributed by atoms with Gasteiger partial charge in [-0.25, -0.2) is 19.3 Å². The monoisotopic (exact) mass is 421 g/mol. The molecule has 1 saturated carbocycles. The van der Waals surface area contributed by atoms with Crippen molar-refractivity contribution < 1.29 is 37.2 Å². The third-order valence-electron chi connectivity index (χ3n) is 5.14. The van der Waals surface area contributed by atoms with Crippen LogP contribution in [0.2, 0.25) is 0 Å². The minimum atomic E-state index is -4.89. The van der Waals surface area contributed by atoms with Crippen LogP contribution < -0.4 is 5.32 Å². The van der Waals surface area contributed by atoms with Gasteiger partial charge in [0.15, 0.2) is 23.2 Å². The molecule has 160 valence electrons. The maximum atomic E-state index is 13.9. The van der Waals surface area contributed by atoms with E-state index in [-0.39, 0.29) is 11.2 Å². The molecule has 6 atom stereocenters. The fraction of sp³-hybridized carbons (Fsp3) is 0.688. The van der Waals surface area contributed by atoms with E-state index in [2.05, 4.69) is 25.0 Å². The van der Waals surface area contributed by atoms with E-state index in [1.807, 2.05) is 0 Å². The van der Waals surface area contributed by atoms with Gasteiger partial charge in [0.1, 0.15) is 30.8 Å². The molecule has 9 nitrogen and oxygen atoms in total. The number of imidazole rings is 1. The van der Waals surface area contributed by atoms with Gasteiger partial charge in [0.25, 0.3) is 0 Å². The maximum Gasteiger partial charge on any atom is 0.522 e. The lowest BCUT2D eigenvalue weighted by Gasteiger charge is -2.17. The molecule has 2 aromatic rings. The molecule has 1 aliphatic heterocycles. The van der Waals surface area contributed by atoms with Crippen LogP contribution in [-0.4, -0.2) is 73.2 Å². The van der Waals surface area contributed by atoms with E-state index < -0.39 is 49.7 Å². The first-order valence-electron chi connectivity index (χ1n) is 9.05. The van der Waals surface area contributed by atoms with Crippen LogP contribution in [0.1, 0.15) is 25.5 Å². The topological polar surface area (TPSA) is 115 Å². The summed E-state index contributed by atoms with van der Waals surface area (Å²) in [5.74, 6) is 0.299. The van der Waals surface area contributed by atoms with Crippen LogP contribution in [0.3, 0.4) is 0 Å². The van der Waals surface area contributed by atoms with Gasteiger partial charge in [0, 0.05) is 0 Å². The van der Waals surface area contributed by atoms with E-state index in [1.54, 1.807) is 0 Å². The number of rotatable bonds is 5. The lowest BCUT2D eigenvalue weighted by atomic mass is 10.1. The van der Waals surface area contributed by atoms with E-state index in [1.165, 1.54) is 17.2 Å². The van der Waals surface area contributed by atoms with Crippen LogP contribution in [0.4, 0.5) is 23.4 Å². The number of alkyl halides is 4. The van der Waals surface area contributed by atoms with Crippen molar-refractivity contribution >= 4 is 17.0 Å². The molecule has 1 saturated heterocycles. The molecule has 29 heavy (non-hydrogen) atoms. The van der Waals surface area contributed by atoms with Gasteiger partial charge in [-0.15, -0.1) is 13.2 Å². The number of ether oxygens (including phenoxy) is 2. The smallest absolute Gasteiger partial charge is 0.387 e. The largest absolute Gasteiger partial charge is 0.522 e. The number of nitrogens with zero attached hydrogens (tertiary/aromatic N) is 4. The molecule has 4 rings (SSSR count). The molecule has 2 aliphatic rings. The Hall–Kier alpha value is -2.09. The molecule has 13 heteroatoms. The van der Waals surface area contributed by atoms with E-state index >= 15 is 0 Å². The Morgan fingerprint density at radius 2 is 2.00 bits per heavy atom. The number of anilines is 1. The van der Waals surface area contributed by atoms with E-state index in [4.69, 9.17) is 4.74 Å². The van der Waals surface area contributed by atoms with Crippen LogP contribution in [-0.2, 0) is 9.47 Å². The fourth-order valence-corrected chi connectivity index (χ4v) is 3.67. The minimum absolute atomic E-state index is 0.213. The Labute approximate surface area is 161 Å². The van der Waals surface area contributed by atoms with Crippen LogP contribution in [0.25, 0.3) is 11.2 Å². The quantitative estimate of drug-likeness (QED) is 0.619. The summed E-state index contributed by atoms with van der Waals surface area (Å²) in [6, 6.07) is -0.405. The molecular formula is C16H19F4N5O4. The number of hydrogen-bond donors (Lipinski definition) is 3. The first-order valence-corrected chi connectivity index (χ1v) is 9.05. The van der Waals surface area contributed by atoms with Gasteiger partial charge in [0.2, 0.25) is 0 Å². The summed E-state index contributed by atoms with van der Waals surface area (Å²) in [4.78, 5) is 12.3. The maximum absolute atomic E-state index is 13.9. The normalized spacial score (nSPS) is 32.9. The van der Waals surface area contributed by atoms with Crippen molar-refractivity contribution in [2.75, 3.05) is 11.9 Å². The summed E-state index contributed by atoms with van der Waals surface area (Å²) in [6.07, 6.45) is -7.35. The Kier molecular flexibility index (Phi) is 5.31. The average molecular weight is 421 g/mol. The average Bonchev–Trinajstić information content (AvgIpc) is 3.34. The minimum Gasteiger partial charge on any atom is -0.387 e. The number of aromatic nitrogens is 4. The third kappa shape index (κ3) is 3.99. The summed E-state index contributed by atoms with van der Waals surface area (Å²) in [6.45, 7) is -0.980. The highest BCUT2D eigenvalue weighted by atomic mass is 19.4. The molecule has 0 radical (unpaired) electrons. The zero-order chi connectivity index (χ0) is 20.8. The van der Waals surface area contributed by atoms with Crippen LogP contribution in [0.15, 0.2) is 12.7 Å². The number of aliphatic hydroxyl groups is 2. The van der Waals surface area contributed by atoms with Crippen LogP contribution in [0, 0.1) is 0 Å². The molecule has 0 bridgehead atoms. The van der Waals surface area contributed by atoms with Gasteiger partial charge in [-0.05, 0) is 19.3 Å². The first kappa shape index (κ1) is 20.2. The Balaban J connectivity index is 1.56. The van der Waals surface area contributed by atoms with Gasteiger partial charge in [-0.2, -0.15) is 0 Å². The van der Waals surface area contributed by atoms with Gasteiger partial charge < -0.3 is 20.3 Å². The highest BCUT2D eigenvalue weighted by Crippen LogP contribution is 2.34. The molecule has 2 aromatic heterocycles. The fourth-order valence-electron chi connectivity index (χ4n) is 3.67. The SMILES string of the molecule is O[C@@H]1[C@H](O)[C@@H](COC(F)(F)F)O[C@H]1n1cnc2c(NC3CCCC3F)ncnc21. The summed E-state index contributed by atoms with van der Waals surface area (Å²) < 4.78 is 61.1. The standard InChI is InChI=1S/C16H19F4N5O4/c17-7-2-1-3-8(7)24-13-10-14(22-5-21-13)25(6-23-10)15-12(27)11(26)9(29-15)4-28-16(18,19)20/h5-9,11-12,15,26-27H,1-4H2,(H,21,22,24)/t7?,8?,9-,11-,12-,15-/m1/s1. The predicted molar refractivity (Wildman–Crippen MR) is 89.4 cm³/mol. The van der Waals surface area contributed by atoms with Gasteiger partial charge in [-0.1, -0.05) is 0 Å². The van der Waals surface area contributed by atoms with Crippen molar-refractivity contribution in [2.24, 2.45) is 0 Å². The van der Waals surface area contributed by atoms with Crippen molar-refractivity contribution in [3.8, 4) is 0 Å². The van der Waals surface area contributed by atoms with Crippen molar-refractivity contribution in [3.05, 3.63) is 12.7 Å². The molecule has 2 unspecified atom stereocenters. The van der Waals surface area contributed by atoms with Gasteiger partial charge >= 0.3 is 6.36 Å². The molecule has 0 amide bonds. The van der Waals surface area contributed by atoms with Crippen LogP contribution >= 0.6 is 0 Å². The highest BCUT2D eigenvalue weighted by molar-refractivity contribution is 5.82. The van der Waals surface area contributed by atoms with E-state index in [0.29, 0.717) is 18.7 Å². The van der Waals surface area contributed by atoms with Crippen LogP contribution in [0.5, 0.6) is 0 Å². The number of nitrogens with one attached hydrogen (secondary N) is 1. The lowest BCUT2D eigenvalue weighted by Crippen LogP contribution is -2.35. The Morgan fingerprint density at radius 3 is 2.69 bits per heavy atom. The summed E-state index contributed by atoms with van der Waals surface area (Å²) in [5, 5.41) is 23.3. The first-order chi connectivity index (χ1) is 13.7. The summed E-state index contributed by atoms with van der Waals surface area (Å²) in [5.41, 5.74) is 0.497. The van der Waals surface area contributed by atoms with Gasteiger partial charge in [0.05, 0.1) is 19.0 Å². The van der Waals surface area contributed by atoms with E-state index in [0.717, 1.165) is 6.42 Å². The molecular weight excluding hydrogens is 402 g/mol. The number of hydrogen-bond acceptors (Lipinski definition) is 8. The predicted octanol–water partition coefficient (Wildman–Crippen LogP) is 1.28. The second-order valence-corrected chi connectivity index (χ2v) is 7.05. The number of aliphatic hydroxyl groups excluding tert-OH is 2. The third-order valence-corrected chi connectivity index (χ3v) is 5.14. The van der Waals surface area contributed by atoms with Crippen molar-refractivity contribution in [1.82, 2.24) is 19.5 Å². The zero-order valence-corrected chi connectivity index (χ0v) is 15.0. The molecule has 3 heterocycles. The Bertz CT molecular complexity index is 865.